The predicted molar refractivity (Wildman–Crippen MR) is 118 cm³/mol. The third-order valence-corrected chi connectivity index (χ3v) is 7.18. The fourth-order valence-electron chi connectivity index (χ4n) is 5.69. The molecule has 1 aromatic heterocycles. The number of hydrogen-bond donors (Lipinski definition) is 2. The van der Waals surface area contributed by atoms with E-state index >= 15 is 0 Å². The molecular weight excluding hydrogens is 358 g/mol. The van der Waals surface area contributed by atoms with Crippen molar-refractivity contribution >= 4 is 11.5 Å². The van der Waals surface area contributed by atoms with Gasteiger partial charge in [0.1, 0.15) is 12.1 Å². The zero-order valence-electron chi connectivity index (χ0n) is 18.0. The molecule has 5 heteroatoms. The highest BCUT2D eigenvalue weighted by Crippen LogP contribution is 2.51. The third-order valence-electron chi connectivity index (χ3n) is 7.18. The minimum absolute atomic E-state index is 0.218. The Morgan fingerprint density at radius 2 is 2.07 bits per heavy atom. The van der Waals surface area contributed by atoms with Crippen LogP contribution >= 0.6 is 0 Å². The van der Waals surface area contributed by atoms with Crippen LogP contribution in [0.3, 0.4) is 0 Å². The lowest BCUT2D eigenvalue weighted by Crippen LogP contribution is -2.43. The van der Waals surface area contributed by atoms with Crippen molar-refractivity contribution in [2.75, 3.05) is 24.5 Å². The van der Waals surface area contributed by atoms with Crippen LogP contribution in [0.2, 0.25) is 0 Å². The summed E-state index contributed by atoms with van der Waals surface area (Å²) in [6.45, 7) is 10.9. The Bertz CT molecular complexity index is 900. The Labute approximate surface area is 174 Å². The molecule has 3 aliphatic rings. The Hall–Kier alpha value is -1.98. The summed E-state index contributed by atoms with van der Waals surface area (Å²) < 4.78 is 0. The number of anilines is 2. The molecule has 0 amide bonds. The van der Waals surface area contributed by atoms with Crippen LogP contribution < -0.4 is 15.5 Å². The second-order valence-electron chi connectivity index (χ2n) is 9.46. The van der Waals surface area contributed by atoms with Gasteiger partial charge in [0.15, 0.2) is 0 Å². The van der Waals surface area contributed by atoms with Gasteiger partial charge in [0.25, 0.3) is 0 Å². The highest BCUT2D eigenvalue weighted by molar-refractivity contribution is 5.75. The number of nitrogens with one attached hydrogen (secondary N) is 2. The SMILES string of the molecule is CC(C)NCc1cccc2c1C1(CCNCC1)CN2c1ncnc2c1[C@H](C)CC2. The maximum atomic E-state index is 4.85. The van der Waals surface area contributed by atoms with Gasteiger partial charge in [0, 0.05) is 41.5 Å². The number of nitrogens with zero attached hydrogens (tertiary/aromatic N) is 3. The topological polar surface area (TPSA) is 53.1 Å². The normalized spacial score (nSPS) is 22.3. The molecule has 1 atom stereocenters. The predicted octanol–water partition coefficient (Wildman–Crippen LogP) is 3.80. The summed E-state index contributed by atoms with van der Waals surface area (Å²) >= 11 is 0. The average molecular weight is 392 g/mol. The minimum Gasteiger partial charge on any atom is -0.325 e. The molecule has 1 spiro atoms. The van der Waals surface area contributed by atoms with E-state index in [9.17, 15) is 0 Å². The maximum absolute atomic E-state index is 4.85. The van der Waals surface area contributed by atoms with E-state index < -0.39 is 0 Å². The van der Waals surface area contributed by atoms with Crippen molar-refractivity contribution in [1.82, 2.24) is 20.6 Å². The first-order chi connectivity index (χ1) is 14.1. The van der Waals surface area contributed by atoms with Crippen LogP contribution in [-0.4, -0.2) is 35.6 Å². The zero-order valence-corrected chi connectivity index (χ0v) is 18.0. The summed E-state index contributed by atoms with van der Waals surface area (Å²) in [5.74, 6) is 1.70. The van der Waals surface area contributed by atoms with E-state index in [-0.39, 0.29) is 5.41 Å². The lowest BCUT2D eigenvalue weighted by molar-refractivity contribution is 0.326. The van der Waals surface area contributed by atoms with E-state index in [1.807, 2.05) is 0 Å². The first kappa shape index (κ1) is 19.0. The van der Waals surface area contributed by atoms with Crippen molar-refractivity contribution in [3.63, 3.8) is 0 Å². The van der Waals surface area contributed by atoms with Gasteiger partial charge in [-0.1, -0.05) is 32.9 Å². The molecule has 1 aliphatic carbocycles. The van der Waals surface area contributed by atoms with Crippen molar-refractivity contribution in [2.45, 2.75) is 70.4 Å². The van der Waals surface area contributed by atoms with Gasteiger partial charge in [-0.25, -0.2) is 9.97 Å². The molecule has 2 N–H and O–H groups in total. The minimum atomic E-state index is 0.218. The van der Waals surface area contributed by atoms with E-state index in [4.69, 9.17) is 4.98 Å². The van der Waals surface area contributed by atoms with E-state index in [1.54, 1.807) is 11.9 Å². The fraction of sp³-hybridized carbons (Fsp3) is 0.583. The Morgan fingerprint density at radius 1 is 1.24 bits per heavy atom. The van der Waals surface area contributed by atoms with Crippen LogP contribution in [-0.2, 0) is 18.4 Å². The molecule has 0 unspecified atom stereocenters. The molecule has 29 heavy (non-hydrogen) atoms. The Balaban J connectivity index is 1.63. The lowest BCUT2D eigenvalue weighted by atomic mass is 9.73. The molecule has 5 nitrogen and oxygen atoms in total. The molecule has 0 radical (unpaired) electrons. The number of aryl methyl sites for hydroxylation is 1. The number of benzene rings is 1. The zero-order chi connectivity index (χ0) is 20.0. The van der Waals surface area contributed by atoms with Gasteiger partial charge in [0.05, 0.1) is 0 Å². The van der Waals surface area contributed by atoms with Gasteiger partial charge in [-0.3, -0.25) is 0 Å². The second-order valence-corrected chi connectivity index (χ2v) is 9.46. The molecular formula is C24H33N5. The van der Waals surface area contributed by atoms with Gasteiger partial charge in [0.2, 0.25) is 0 Å². The molecule has 0 saturated carbocycles. The summed E-state index contributed by atoms with van der Waals surface area (Å²) in [7, 11) is 0. The highest BCUT2D eigenvalue weighted by Gasteiger charge is 2.46. The standard InChI is InChI=1S/C24H33N5/c1-16(2)26-13-18-5-4-6-20-22(18)24(9-11-25-12-10-24)14-29(20)23-21-17(3)7-8-19(21)27-15-28-23/h4-6,15-17,25-26H,7-14H2,1-3H3/t17-/m1/s1. The van der Waals surface area contributed by atoms with Gasteiger partial charge in [-0.05, 0) is 61.9 Å². The average Bonchev–Trinajstić information content (AvgIpc) is 3.26. The molecule has 1 fully saturated rings. The van der Waals surface area contributed by atoms with E-state index in [0.717, 1.165) is 38.4 Å². The number of hydrogen-bond acceptors (Lipinski definition) is 5. The third kappa shape index (κ3) is 3.15. The summed E-state index contributed by atoms with van der Waals surface area (Å²) in [4.78, 5) is 12.0. The van der Waals surface area contributed by atoms with Crippen molar-refractivity contribution in [1.29, 1.82) is 0 Å². The van der Waals surface area contributed by atoms with Crippen molar-refractivity contribution in [2.24, 2.45) is 0 Å². The molecule has 0 bridgehead atoms. The van der Waals surface area contributed by atoms with Crippen LogP contribution in [0.25, 0.3) is 0 Å². The second kappa shape index (κ2) is 7.37. The van der Waals surface area contributed by atoms with Crippen LogP contribution in [0.4, 0.5) is 11.5 Å². The number of aromatic nitrogens is 2. The van der Waals surface area contributed by atoms with Crippen molar-refractivity contribution in [3.05, 3.63) is 46.9 Å². The summed E-state index contributed by atoms with van der Waals surface area (Å²) in [6, 6.07) is 7.36. The quantitative estimate of drug-likeness (QED) is 0.830. The van der Waals surface area contributed by atoms with E-state index in [1.165, 1.54) is 41.8 Å². The molecule has 3 heterocycles. The van der Waals surface area contributed by atoms with Crippen LogP contribution in [0.5, 0.6) is 0 Å². The van der Waals surface area contributed by atoms with Gasteiger partial charge < -0.3 is 15.5 Å². The number of piperidine rings is 1. The van der Waals surface area contributed by atoms with Crippen molar-refractivity contribution < 1.29 is 0 Å². The van der Waals surface area contributed by atoms with Gasteiger partial charge in [-0.15, -0.1) is 0 Å². The van der Waals surface area contributed by atoms with Gasteiger partial charge in [-0.2, -0.15) is 0 Å². The molecule has 2 aliphatic heterocycles. The molecule has 1 saturated heterocycles. The fourth-order valence-corrected chi connectivity index (χ4v) is 5.69. The van der Waals surface area contributed by atoms with Crippen LogP contribution in [0.1, 0.15) is 68.3 Å². The number of fused-ring (bicyclic) bond motifs is 3. The van der Waals surface area contributed by atoms with E-state index in [0.29, 0.717) is 12.0 Å². The van der Waals surface area contributed by atoms with Crippen LogP contribution in [0, 0.1) is 0 Å². The van der Waals surface area contributed by atoms with Gasteiger partial charge >= 0.3 is 0 Å². The largest absolute Gasteiger partial charge is 0.325 e. The molecule has 2 aromatic rings. The smallest absolute Gasteiger partial charge is 0.140 e. The first-order valence-corrected chi connectivity index (χ1v) is 11.3. The summed E-state index contributed by atoms with van der Waals surface area (Å²) in [5, 5.41) is 7.24. The molecule has 1 aromatic carbocycles. The summed E-state index contributed by atoms with van der Waals surface area (Å²) in [6.07, 6.45) is 6.44. The van der Waals surface area contributed by atoms with Crippen molar-refractivity contribution in [3.8, 4) is 0 Å². The highest BCUT2D eigenvalue weighted by atomic mass is 15.2. The molecule has 5 rings (SSSR count). The van der Waals surface area contributed by atoms with E-state index in [2.05, 4.69) is 59.5 Å². The summed E-state index contributed by atoms with van der Waals surface area (Å²) in [5.41, 5.74) is 7.25. The lowest BCUT2D eigenvalue weighted by Gasteiger charge is -2.36. The molecule has 154 valence electrons. The van der Waals surface area contributed by atoms with Crippen LogP contribution in [0.15, 0.2) is 24.5 Å². The number of rotatable bonds is 4. The monoisotopic (exact) mass is 391 g/mol. The maximum Gasteiger partial charge on any atom is 0.140 e. The first-order valence-electron chi connectivity index (χ1n) is 11.3. The Morgan fingerprint density at radius 3 is 2.86 bits per heavy atom. The Kier molecular flexibility index (Phi) is 4.83.